The van der Waals surface area contributed by atoms with E-state index < -0.39 is 16.1 Å². The molecule has 0 heterocycles. The number of rotatable bonds is 6. The summed E-state index contributed by atoms with van der Waals surface area (Å²) in [6.45, 7) is 23.7. The van der Waals surface area contributed by atoms with Crippen LogP contribution < -0.4 is 0 Å². The average Bonchev–Trinajstić information content (AvgIpc) is 2.12. The first kappa shape index (κ1) is 19.1. The Morgan fingerprint density at radius 2 is 1.11 bits per heavy atom. The summed E-state index contributed by atoms with van der Waals surface area (Å²) in [6, 6.07) is 0. The van der Waals surface area contributed by atoms with Gasteiger partial charge >= 0.3 is 0 Å². The summed E-state index contributed by atoms with van der Waals surface area (Å²) in [6.07, 6.45) is 1.91. The van der Waals surface area contributed by atoms with Crippen LogP contribution in [0.3, 0.4) is 0 Å². The smallest absolute Gasteiger partial charge is 0.0845 e. The topological polar surface area (TPSA) is 20.2 Å². The van der Waals surface area contributed by atoms with E-state index in [0.717, 1.165) is 16.6 Å². The van der Waals surface area contributed by atoms with Gasteiger partial charge in [-0.1, -0.05) is 72.1 Å². The Bertz CT molecular complexity index is 287. The number of aliphatic hydroxyl groups excluding tert-OH is 1. The van der Waals surface area contributed by atoms with Crippen molar-refractivity contribution in [1.82, 2.24) is 0 Å². The molecule has 1 atom stereocenters. The van der Waals surface area contributed by atoms with E-state index in [1.165, 1.54) is 0 Å². The molecule has 3 heteroatoms. The third kappa shape index (κ3) is 4.05. The van der Waals surface area contributed by atoms with Crippen LogP contribution in [0.1, 0.15) is 48.5 Å². The third-order valence-corrected chi connectivity index (χ3v) is 16.7. The standard InChI is InChI=1S/C16H36OSi2/c1-12(2)19(13(3)4,14(5)6)16(11-15(7)17)18(8,9)10/h11-15,17H,1-10H3. The number of aliphatic hydroxyl groups is 1. The van der Waals surface area contributed by atoms with E-state index in [-0.39, 0.29) is 6.10 Å². The van der Waals surface area contributed by atoms with Gasteiger partial charge in [-0.15, -0.1) is 0 Å². The molecule has 0 aliphatic rings. The van der Waals surface area contributed by atoms with Gasteiger partial charge in [0.15, 0.2) is 0 Å². The van der Waals surface area contributed by atoms with Gasteiger partial charge in [0, 0.05) is 0 Å². The lowest BCUT2D eigenvalue weighted by molar-refractivity contribution is 0.244. The van der Waals surface area contributed by atoms with Crippen molar-refractivity contribution in [1.29, 1.82) is 0 Å². The molecule has 0 saturated heterocycles. The minimum absolute atomic E-state index is 0.315. The number of hydrogen-bond acceptors (Lipinski definition) is 1. The van der Waals surface area contributed by atoms with Gasteiger partial charge in [0.2, 0.25) is 0 Å². The van der Waals surface area contributed by atoms with E-state index in [1.54, 1.807) is 4.82 Å². The van der Waals surface area contributed by atoms with Crippen LogP contribution in [0.2, 0.25) is 36.3 Å². The van der Waals surface area contributed by atoms with Crippen molar-refractivity contribution in [3.05, 3.63) is 10.9 Å². The fourth-order valence-electron chi connectivity index (χ4n) is 4.22. The first-order chi connectivity index (χ1) is 8.38. The van der Waals surface area contributed by atoms with E-state index in [0.29, 0.717) is 0 Å². The highest BCUT2D eigenvalue weighted by atomic mass is 28.4. The van der Waals surface area contributed by atoms with Crippen molar-refractivity contribution >= 4 is 16.1 Å². The molecule has 0 radical (unpaired) electrons. The molecule has 0 rings (SSSR count). The molecule has 1 N–H and O–H groups in total. The van der Waals surface area contributed by atoms with Crippen molar-refractivity contribution < 1.29 is 5.11 Å². The van der Waals surface area contributed by atoms with Crippen molar-refractivity contribution in [2.45, 2.75) is 90.8 Å². The molecule has 0 aromatic heterocycles. The summed E-state index contributed by atoms with van der Waals surface area (Å²) >= 11 is 0. The lowest BCUT2D eigenvalue weighted by Gasteiger charge is -2.49. The van der Waals surface area contributed by atoms with Gasteiger partial charge in [0.05, 0.1) is 22.3 Å². The van der Waals surface area contributed by atoms with E-state index in [4.69, 9.17) is 0 Å². The molecule has 0 spiro atoms. The van der Waals surface area contributed by atoms with Crippen LogP contribution >= 0.6 is 0 Å². The highest BCUT2D eigenvalue weighted by molar-refractivity contribution is 7.07. The molecule has 114 valence electrons. The Labute approximate surface area is 123 Å². The second-order valence-electron chi connectivity index (χ2n) is 7.97. The molecule has 0 saturated carbocycles. The van der Waals surface area contributed by atoms with E-state index in [9.17, 15) is 5.11 Å². The molecule has 0 amide bonds. The maximum absolute atomic E-state index is 9.96. The third-order valence-electron chi connectivity index (χ3n) is 4.55. The molecule has 1 unspecified atom stereocenters. The zero-order valence-electron chi connectivity index (χ0n) is 14.8. The maximum atomic E-state index is 9.96. The Kier molecular flexibility index (Phi) is 6.77. The van der Waals surface area contributed by atoms with Crippen LogP contribution in [0.4, 0.5) is 0 Å². The molecule has 0 aromatic rings. The van der Waals surface area contributed by atoms with Crippen LogP contribution in [0.5, 0.6) is 0 Å². The van der Waals surface area contributed by atoms with Crippen LogP contribution in [0, 0.1) is 0 Å². The molecular weight excluding hydrogens is 264 g/mol. The molecule has 0 fully saturated rings. The zero-order chi connectivity index (χ0) is 15.6. The van der Waals surface area contributed by atoms with Gasteiger partial charge in [-0.3, -0.25) is 0 Å². The number of hydrogen-bond donors (Lipinski definition) is 1. The maximum Gasteiger partial charge on any atom is 0.0845 e. The fraction of sp³-hybridized carbons (Fsp3) is 0.875. The van der Waals surface area contributed by atoms with Gasteiger partial charge in [-0.05, 0) is 23.5 Å². The largest absolute Gasteiger partial charge is 0.389 e. The lowest BCUT2D eigenvalue weighted by atomic mass is 10.4. The fourth-order valence-corrected chi connectivity index (χ4v) is 19.1. The monoisotopic (exact) mass is 300 g/mol. The Balaban J connectivity index is 6.21. The zero-order valence-corrected chi connectivity index (χ0v) is 16.8. The molecule has 0 aliphatic carbocycles. The first-order valence-electron chi connectivity index (χ1n) is 7.79. The molecule has 0 aliphatic heterocycles. The average molecular weight is 301 g/mol. The van der Waals surface area contributed by atoms with Crippen molar-refractivity contribution in [2.75, 3.05) is 0 Å². The van der Waals surface area contributed by atoms with E-state index in [1.807, 2.05) is 6.92 Å². The summed E-state index contributed by atoms with van der Waals surface area (Å²) in [5, 5.41) is 9.96. The van der Waals surface area contributed by atoms with Crippen LogP contribution in [0.15, 0.2) is 10.9 Å². The van der Waals surface area contributed by atoms with Gasteiger partial charge < -0.3 is 5.11 Å². The predicted molar refractivity (Wildman–Crippen MR) is 94.2 cm³/mol. The van der Waals surface area contributed by atoms with Gasteiger partial charge in [-0.2, -0.15) is 0 Å². The second-order valence-corrected chi connectivity index (χ2v) is 19.4. The normalized spacial score (nSPS) is 16.6. The molecule has 0 aromatic carbocycles. The minimum Gasteiger partial charge on any atom is -0.389 e. The highest BCUT2D eigenvalue weighted by Crippen LogP contribution is 2.49. The SMILES string of the molecule is CC(O)C=C([Si](C)(C)C)[Si](C(C)C)(C(C)C)C(C)C. The Morgan fingerprint density at radius 3 is 1.26 bits per heavy atom. The summed E-state index contributed by atoms with van der Waals surface area (Å²) < 4.78 is 0. The molecule has 19 heavy (non-hydrogen) atoms. The summed E-state index contributed by atoms with van der Waals surface area (Å²) in [4.78, 5) is 1.69. The van der Waals surface area contributed by atoms with E-state index in [2.05, 4.69) is 67.3 Å². The highest BCUT2D eigenvalue weighted by Gasteiger charge is 2.49. The molecule has 1 nitrogen and oxygen atoms in total. The predicted octanol–water partition coefficient (Wildman–Crippen LogP) is 5.39. The van der Waals surface area contributed by atoms with E-state index >= 15 is 0 Å². The van der Waals surface area contributed by atoms with Gasteiger partial charge in [0.25, 0.3) is 0 Å². The summed E-state index contributed by atoms with van der Waals surface area (Å²) in [5.41, 5.74) is 2.18. The second kappa shape index (κ2) is 6.73. The Morgan fingerprint density at radius 1 is 0.789 bits per heavy atom. The summed E-state index contributed by atoms with van der Waals surface area (Å²) in [7, 11) is -3.00. The van der Waals surface area contributed by atoms with Crippen molar-refractivity contribution in [2.24, 2.45) is 0 Å². The molecular formula is C16H36OSi2. The Hall–Kier alpha value is 0.134. The minimum atomic E-state index is -1.59. The lowest BCUT2D eigenvalue weighted by Crippen LogP contribution is -2.54. The van der Waals surface area contributed by atoms with Gasteiger partial charge in [0.1, 0.15) is 0 Å². The van der Waals surface area contributed by atoms with Crippen molar-refractivity contribution in [3.8, 4) is 0 Å². The van der Waals surface area contributed by atoms with Gasteiger partial charge in [-0.25, -0.2) is 0 Å². The first-order valence-corrected chi connectivity index (χ1v) is 13.5. The van der Waals surface area contributed by atoms with Crippen LogP contribution in [-0.2, 0) is 0 Å². The van der Waals surface area contributed by atoms with Crippen LogP contribution in [-0.4, -0.2) is 27.4 Å². The quantitative estimate of drug-likeness (QED) is 0.652. The summed E-state index contributed by atoms with van der Waals surface area (Å²) in [5.74, 6) is 0. The van der Waals surface area contributed by atoms with Crippen molar-refractivity contribution in [3.63, 3.8) is 0 Å². The molecule has 0 bridgehead atoms. The van der Waals surface area contributed by atoms with Crippen LogP contribution in [0.25, 0.3) is 0 Å².